The van der Waals surface area contributed by atoms with Crippen molar-refractivity contribution in [1.82, 2.24) is 4.90 Å². The van der Waals surface area contributed by atoms with Crippen LogP contribution in [0.4, 0.5) is 8.78 Å². The van der Waals surface area contributed by atoms with Gasteiger partial charge in [-0.05, 0) is 31.5 Å². The van der Waals surface area contributed by atoms with Gasteiger partial charge in [0.25, 0.3) is 0 Å². The molecule has 0 bridgehead atoms. The van der Waals surface area contributed by atoms with Gasteiger partial charge in [0.2, 0.25) is 0 Å². The molecule has 2 nitrogen and oxygen atoms in total. The minimum absolute atomic E-state index is 0.158. The topological polar surface area (TPSA) is 27.0 Å². The lowest BCUT2D eigenvalue weighted by Gasteiger charge is -2.23. The molecule has 0 saturated carbocycles. The van der Waals surface area contributed by atoms with E-state index in [2.05, 4.69) is 0 Å². The Morgan fingerprint density at radius 2 is 1.81 bits per heavy atom. The average Bonchev–Trinajstić information content (AvgIpc) is 2.15. The second-order valence-corrected chi connectivity index (χ2v) is 3.93. The van der Waals surface area contributed by atoms with Crippen molar-refractivity contribution in [1.29, 1.82) is 5.26 Å². The molecule has 0 aliphatic heterocycles. The van der Waals surface area contributed by atoms with E-state index in [1.54, 1.807) is 0 Å². The van der Waals surface area contributed by atoms with Gasteiger partial charge in [-0.1, -0.05) is 0 Å². The van der Waals surface area contributed by atoms with E-state index in [0.29, 0.717) is 12.1 Å². The van der Waals surface area contributed by atoms with E-state index in [9.17, 15) is 8.78 Å². The smallest absolute Gasteiger partial charge is 0.126 e. The van der Waals surface area contributed by atoms with Crippen LogP contribution in [0.5, 0.6) is 0 Å². The van der Waals surface area contributed by atoms with Crippen LogP contribution in [0.1, 0.15) is 19.4 Å². The summed E-state index contributed by atoms with van der Waals surface area (Å²) in [6.45, 7) is 4.50. The summed E-state index contributed by atoms with van der Waals surface area (Å²) < 4.78 is 25.9. The summed E-state index contributed by atoms with van der Waals surface area (Å²) in [6, 6.07) is 5.61. The predicted molar refractivity (Wildman–Crippen MR) is 57.5 cm³/mol. The molecule has 86 valence electrons. The summed E-state index contributed by atoms with van der Waals surface area (Å²) >= 11 is 0. The zero-order chi connectivity index (χ0) is 12.1. The van der Waals surface area contributed by atoms with Crippen molar-refractivity contribution in [2.75, 3.05) is 6.54 Å². The predicted octanol–water partition coefficient (Wildman–Crippen LogP) is 2.70. The van der Waals surface area contributed by atoms with Crippen LogP contribution in [-0.4, -0.2) is 17.5 Å². The highest BCUT2D eigenvalue weighted by Gasteiger charge is 2.10. The van der Waals surface area contributed by atoms with E-state index >= 15 is 0 Å². The molecule has 0 aliphatic rings. The van der Waals surface area contributed by atoms with E-state index in [1.165, 1.54) is 12.1 Å². The Bertz CT molecular complexity index is 376. The monoisotopic (exact) mass is 224 g/mol. The fourth-order valence-electron chi connectivity index (χ4n) is 1.45. The summed E-state index contributed by atoms with van der Waals surface area (Å²) in [4.78, 5) is 1.84. The van der Waals surface area contributed by atoms with E-state index in [4.69, 9.17) is 5.26 Å². The van der Waals surface area contributed by atoms with Crippen LogP contribution in [0.3, 0.4) is 0 Å². The number of benzene rings is 1. The van der Waals surface area contributed by atoms with Gasteiger partial charge in [-0.15, -0.1) is 0 Å². The van der Waals surface area contributed by atoms with Crippen LogP contribution in [0, 0.1) is 23.0 Å². The molecule has 0 amide bonds. The van der Waals surface area contributed by atoms with Gasteiger partial charge in [-0.25, -0.2) is 8.78 Å². The summed E-state index contributed by atoms with van der Waals surface area (Å²) in [5.74, 6) is -1.17. The zero-order valence-corrected chi connectivity index (χ0v) is 9.37. The van der Waals surface area contributed by atoms with Crippen LogP contribution in [0.15, 0.2) is 18.2 Å². The third kappa shape index (κ3) is 3.59. The molecule has 0 spiro atoms. The van der Waals surface area contributed by atoms with Gasteiger partial charge in [-0.3, -0.25) is 4.90 Å². The van der Waals surface area contributed by atoms with Crippen molar-refractivity contribution < 1.29 is 8.78 Å². The van der Waals surface area contributed by atoms with Gasteiger partial charge in [0.1, 0.15) is 11.6 Å². The first-order chi connectivity index (χ1) is 7.52. The highest BCUT2D eigenvalue weighted by Crippen LogP contribution is 2.12. The lowest BCUT2D eigenvalue weighted by molar-refractivity contribution is 0.239. The maximum atomic E-state index is 12.9. The van der Waals surface area contributed by atoms with Crippen LogP contribution < -0.4 is 0 Å². The first-order valence-electron chi connectivity index (χ1n) is 5.09. The maximum Gasteiger partial charge on any atom is 0.126 e. The Morgan fingerprint density at radius 1 is 1.25 bits per heavy atom. The third-order valence-corrected chi connectivity index (χ3v) is 2.31. The lowest BCUT2D eigenvalue weighted by Crippen LogP contribution is -2.30. The number of nitrogens with zero attached hydrogens (tertiary/aromatic N) is 2. The standard InChI is InChI=1S/C12H14F2N2/c1-9(2)16(4-3-15)8-10-5-11(13)7-12(14)6-10/h5-7,9H,4,8H2,1-2H3. The Kier molecular flexibility index (Phi) is 4.39. The minimum Gasteiger partial charge on any atom is -0.284 e. The third-order valence-electron chi connectivity index (χ3n) is 2.31. The molecule has 0 saturated heterocycles. The summed E-state index contributed by atoms with van der Waals surface area (Å²) in [5, 5.41) is 8.63. The number of nitriles is 1. The quantitative estimate of drug-likeness (QED) is 0.735. The SMILES string of the molecule is CC(C)N(CC#N)Cc1cc(F)cc(F)c1. The Morgan fingerprint density at radius 3 is 2.25 bits per heavy atom. The second-order valence-electron chi connectivity index (χ2n) is 3.93. The van der Waals surface area contributed by atoms with Crippen LogP contribution in [0.2, 0.25) is 0 Å². The van der Waals surface area contributed by atoms with Gasteiger partial charge >= 0.3 is 0 Å². The zero-order valence-electron chi connectivity index (χ0n) is 9.37. The highest BCUT2D eigenvalue weighted by atomic mass is 19.1. The Labute approximate surface area is 94.1 Å². The Hall–Kier alpha value is -1.47. The second kappa shape index (κ2) is 5.57. The van der Waals surface area contributed by atoms with E-state index in [1.807, 2.05) is 24.8 Å². The molecule has 0 aliphatic carbocycles. The lowest BCUT2D eigenvalue weighted by atomic mass is 10.2. The molecular formula is C12H14F2N2. The van der Waals surface area contributed by atoms with Gasteiger partial charge in [0.05, 0.1) is 12.6 Å². The largest absolute Gasteiger partial charge is 0.284 e. The fourth-order valence-corrected chi connectivity index (χ4v) is 1.45. The van der Waals surface area contributed by atoms with Gasteiger partial charge < -0.3 is 0 Å². The normalized spacial score (nSPS) is 10.8. The molecule has 0 heterocycles. The molecule has 0 N–H and O–H groups in total. The molecule has 0 unspecified atom stereocenters. The minimum atomic E-state index is -0.587. The number of rotatable bonds is 4. The van der Waals surface area contributed by atoms with Crippen LogP contribution in [0.25, 0.3) is 0 Å². The molecule has 1 aromatic carbocycles. The molecule has 1 aromatic rings. The van der Waals surface area contributed by atoms with Gasteiger partial charge in [0, 0.05) is 18.7 Å². The average molecular weight is 224 g/mol. The van der Waals surface area contributed by atoms with Crippen LogP contribution in [-0.2, 0) is 6.54 Å². The fraction of sp³-hybridized carbons (Fsp3) is 0.417. The first kappa shape index (κ1) is 12.6. The molecule has 0 aromatic heterocycles. The number of hydrogen-bond acceptors (Lipinski definition) is 2. The van der Waals surface area contributed by atoms with Gasteiger partial charge in [0.15, 0.2) is 0 Å². The molecule has 0 radical (unpaired) electrons. The number of hydrogen-bond donors (Lipinski definition) is 0. The van der Waals surface area contributed by atoms with E-state index < -0.39 is 11.6 Å². The summed E-state index contributed by atoms with van der Waals surface area (Å²) in [5.41, 5.74) is 0.543. The van der Waals surface area contributed by atoms with E-state index in [0.717, 1.165) is 6.07 Å². The van der Waals surface area contributed by atoms with Crippen molar-refractivity contribution in [2.24, 2.45) is 0 Å². The maximum absolute atomic E-state index is 12.9. The first-order valence-corrected chi connectivity index (χ1v) is 5.09. The molecule has 0 atom stereocenters. The molecule has 16 heavy (non-hydrogen) atoms. The van der Waals surface area contributed by atoms with Crippen molar-refractivity contribution in [3.05, 3.63) is 35.4 Å². The summed E-state index contributed by atoms with van der Waals surface area (Å²) in [6.07, 6.45) is 0. The number of halogens is 2. The molecular weight excluding hydrogens is 210 g/mol. The molecule has 4 heteroatoms. The van der Waals surface area contributed by atoms with Crippen molar-refractivity contribution in [3.8, 4) is 6.07 Å². The van der Waals surface area contributed by atoms with Crippen molar-refractivity contribution in [3.63, 3.8) is 0 Å². The van der Waals surface area contributed by atoms with Crippen molar-refractivity contribution >= 4 is 0 Å². The summed E-state index contributed by atoms with van der Waals surface area (Å²) in [7, 11) is 0. The highest BCUT2D eigenvalue weighted by molar-refractivity contribution is 5.18. The molecule has 0 fully saturated rings. The molecule has 1 rings (SSSR count). The van der Waals surface area contributed by atoms with E-state index in [-0.39, 0.29) is 12.6 Å². The van der Waals surface area contributed by atoms with Crippen molar-refractivity contribution in [2.45, 2.75) is 26.4 Å². The van der Waals surface area contributed by atoms with Crippen LogP contribution >= 0.6 is 0 Å². The van der Waals surface area contributed by atoms with Gasteiger partial charge in [-0.2, -0.15) is 5.26 Å². The Balaban J connectivity index is 2.81.